The first-order valence-electron chi connectivity index (χ1n) is 7.35. The Labute approximate surface area is 110 Å². The van der Waals surface area contributed by atoms with Crippen LogP contribution in [0.1, 0.15) is 80.6 Å². The summed E-state index contributed by atoms with van der Waals surface area (Å²) in [4.78, 5) is 0. The molecule has 0 N–H and O–H groups in total. The van der Waals surface area contributed by atoms with Gasteiger partial charge in [-0.3, -0.25) is 0 Å². The van der Waals surface area contributed by atoms with Crippen molar-refractivity contribution in [2.45, 2.75) is 80.6 Å². The Morgan fingerprint density at radius 1 is 0.941 bits per heavy atom. The monoisotopic (exact) mass is 236 g/mol. The molecule has 0 aliphatic heterocycles. The van der Waals surface area contributed by atoms with E-state index in [4.69, 9.17) is 0 Å². The van der Waals surface area contributed by atoms with Crippen molar-refractivity contribution in [1.82, 2.24) is 0 Å². The molecule has 0 aromatic rings. The van der Waals surface area contributed by atoms with Gasteiger partial charge in [-0.05, 0) is 38.0 Å². The quantitative estimate of drug-likeness (QED) is 0.500. The predicted octanol–water partition coefficient (Wildman–Crippen LogP) is 5.67. The van der Waals surface area contributed by atoms with Crippen LogP contribution in [0.25, 0.3) is 0 Å². The van der Waals surface area contributed by atoms with Crippen LogP contribution in [0.3, 0.4) is 0 Å². The van der Waals surface area contributed by atoms with Crippen molar-refractivity contribution in [2.75, 3.05) is 0 Å². The highest BCUT2D eigenvalue weighted by Crippen LogP contribution is 2.43. The third-order valence-corrected chi connectivity index (χ3v) is 4.99. The predicted molar refractivity (Wildman–Crippen MR) is 78.9 cm³/mol. The van der Waals surface area contributed by atoms with Gasteiger partial charge in [-0.1, -0.05) is 59.8 Å². The van der Waals surface area contributed by atoms with Crippen LogP contribution in [0.4, 0.5) is 0 Å². The van der Waals surface area contributed by atoms with Crippen LogP contribution >= 0.6 is 0 Å². The molecule has 0 aliphatic rings. The molecule has 0 aromatic carbocycles. The number of hydrogen-bond donors (Lipinski definition) is 0. The van der Waals surface area contributed by atoms with Crippen molar-refractivity contribution in [3.63, 3.8) is 0 Å². The van der Waals surface area contributed by atoms with Crippen LogP contribution in [-0.2, 0) is 0 Å². The van der Waals surface area contributed by atoms with Crippen LogP contribution in [-0.4, -0.2) is 0 Å². The van der Waals surface area contributed by atoms with Crippen LogP contribution in [0.15, 0.2) is 0 Å². The molecule has 0 nitrogen and oxygen atoms in total. The third-order valence-electron chi connectivity index (χ3n) is 4.99. The van der Waals surface area contributed by atoms with E-state index in [1.165, 1.54) is 25.7 Å². The van der Waals surface area contributed by atoms with Gasteiger partial charge in [0.2, 0.25) is 0 Å². The summed E-state index contributed by atoms with van der Waals surface area (Å²) in [6, 6.07) is 0. The van der Waals surface area contributed by atoms with Gasteiger partial charge in [0.25, 0.3) is 0 Å². The van der Waals surface area contributed by atoms with Crippen molar-refractivity contribution in [3.05, 3.63) is 0 Å². The summed E-state index contributed by atoms with van der Waals surface area (Å²) >= 11 is 0. The molecule has 0 rings (SSSR count). The van der Waals surface area contributed by atoms with Gasteiger partial charge in [0.05, 0.1) is 0 Å². The summed E-state index contributed by atoms with van der Waals surface area (Å²) in [6.45, 7) is 16.0. The molecule has 0 amide bonds. The summed E-state index contributed by atoms with van der Waals surface area (Å²) < 4.78 is 0. The first-order valence-corrected chi connectivity index (χ1v) is 7.35. The maximum Gasteiger partial charge on any atom is 0.0312 e. The highest BCUT2D eigenvalue weighted by molar-refractivity contribution is 5.11. The Hall–Kier alpha value is -0.440. The fourth-order valence-corrected chi connectivity index (χ4v) is 2.72. The molecule has 100 valence electrons. The topological polar surface area (TPSA) is 0 Å². The van der Waals surface area contributed by atoms with Crippen molar-refractivity contribution in [3.8, 4) is 11.8 Å². The number of hydrogen-bond acceptors (Lipinski definition) is 0. The van der Waals surface area contributed by atoms with Gasteiger partial charge in [0, 0.05) is 5.41 Å². The van der Waals surface area contributed by atoms with Crippen LogP contribution in [0, 0.1) is 28.6 Å². The Kier molecular flexibility index (Phi) is 6.91. The Bertz CT molecular complexity index is 261. The Morgan fingerprint density at radius 2 is 1.47 bits per heavy atom. The molecule has 0 heteroatoms. The normalized spacial score (nSPS) is 16.9. The van der Waals surface area contributed by atoms with Gasteiger partial charge < -0.3 is 0 Å². The van der Waals surface area contributed by atoms with Crippen molar-refractivity contribution in [2.24, 2.45) is 16.7 Å². The van der Waals surface area contributed by atoms with E-state index in [2.05, 4.69) is 53.4 Å². The van der Waals surface area contributed by atoms with Crippen molar-refractivity contribution >= 4 is 0 Å². The van der Waals surface area contributed by atoms with E-state index in [1.807, 2.05) is 6.92 Å². The Balaban J connectivity index is 4.98. The second-order valence-corrected chi connectivity index (χ2v) is 5.97. The standard InChI is InChI=1S/C17H32/c1-8-13-17(7,12-5)15(9-2)14-16(6,10-3)11-4/h15H,9-12,14H2,1-7H3. The molecule has 0 radical (unpaired) electrons. The van der Waals surface area contributed by atoms with Gasteiger partial charge >= 0.3 is 0 Å². The van der Waals surface area contributed by atoms with E-state index in [9.17, 15) is 0 Å². The second kappa shape index (κ2) is 7.10. The minimum absolute atomic E-state index is 0.203. The molecular formula is C17H32. The lowest BCUT2D eigenvalue weighted by Gasteiger charge is -2.39. The molecule has 0 aromatic heterocycles. The lowest BCUT2D eigenvalue weighted by molar-refractivity contribution is 0.141. The molecule has 17 heavy (non-hydrogen) atoms. The second-order valence-electron chi connectivity index (χ2n) is 5.97. The molecular weight excluding hydrogens is 204 g/mol. The van der Waals surface area contributed by atoms with E-state index >= 15 is 0 Å². The van der Waals surface area contributed by atoms with E-state index < -0.39 is 0 Å². The van der Waals surface area contributed by atoms with Crippen LogP contribution < -0.4 is 0 Å². The van der Waals surface area contributed by atoms with Crippen LogP contribution in [0.5, 0.6) is 0 Å². The Morgan fingerprint density at radius 3 is 1.76 bits per heavy atom. The largest absolute Gasteiger partial charge is 0.106 e. The molecule has 0 saturated carbocycles. The first kappa shape index (κ1) is 16.6. The van der Waals surface area contributed by atoms with Crippen molar-refractivity contribution < 1.29 is 0 Å². The SMILES string of the molecule is CC#CC(C)(CC)C(CC)CC(C)(CC)CC. The van der Waals surface area contributed by atoms with E-state index in [0.29, 0.717) is 5.41 Å². The maximum absolute atomic E-state index is 3.48. The molecule has 0 aliphatic carbocycles. The van der Waals surface area contributed by atoms with Gasteiger partial charge in [0.1, 0.15) is 0 Å². The zero-order chi connectivity index (χ0) is 13.5. The smallest absolute Gasteiger partial charge is 0.0312 e. The fourth-order valence-electron chi connectivity index (χ4n) is 2.72. The minimum Gasteiger partial charge on any atom is -0.106 e. The zero-order valence-corrected chi connectivity index (χ0v) is 13.1. The molecule has 2 atom stereocenters. The lowest BCUT2D eigenvalue weighted by atomic mass is 9.65. The van der Waals surface area contributed by atoms with Gasteiger partial charge in [0.15, 0.2) is 0 Å². The summed E-state index contributed by atoms with van der Waals surface area (Å²) in [5, 5.41) is 0. The van der Waals surface area contributed by atoms with Gasteiger partial charge in [-0.25, -0.2) is 0 Å². The molecule has 0 heterocycles. The summed E-state index contributed by atoms with van der Waals surface area (Å²) in [5.74, 6) is 7.35. The van der Waals surface area contributed by atoms with Gasteiger partial charge in [-0.2, -0.15) is 0 Å². The summed E-state index contributed by atoms with van der Waals surface area (Å²) in [7, 11) is 0. The molecule has 0 bridgehead atoms. The van der Waals surface area contributed by atoms with E-state index in [-0.39, 0.29) is 5.41 Å². The van der Waals surface area contributed by atoms with Crippen molar-refractivity contribution in [1.29, 1.82) is 0 Å². The molecule has 0 fully saturated rings. The fraction of sp³-hybridized carbons (Fsp3) is 0.882. The number of rotatable bonds is 7. The average Bonchev–Trinajstić information content (AvgIpc) is 2.35. The minimum atomic E-state index is 0.203. The first-order chi connectivity index (χ1) is 7.91. The third kappa shape index (κ3) is 4.38. The van der Waals surface area contributed by atoms with E-state index in [0.717, 1.165) is 12.3 Å². The lowest BCUT2D eigenvalue weighted by Crippen LogP contribution is -2.30. The van der Waals surface area contributed by atoms with Crippen LogP contribution in [0.2, 0.25) is 0 Å². The molecule has 2 unspecified atom stereocenters. The summed E-state index contributed by atoms with van der Waals surface area (Å²) in [5.41, 5.74) is 0.696. The highest BCUT2D eigenvalue weighted by Gasteiger charge is 2.34. The highest BCUT2D eigenvalue weighted by atomic mass is 14.4. The average molecular weight is 236 g/mol. The summed E-state index contributed by atoms with van der Waals surface area (Å²) in [6.07, 6.45) is 6.28. The molecule has 0 spiro atoms. The van der Waals surface area contributed by atoms with Gasteiger partial charge in [-0.15, -0.1) is 5.92 Å². The molecule has 0 saturated heterocycles. The maximum atomic E-state index is 3.48. The van der Waals surface area contributed by atoms with E-state index in [1.54, 1.807) is 0 Å². The zero-order valence-electron chi connectivity index (χ0n) is 13.1.